The number of ether oxygens (including phenoxy) is 1. The quantitative estimate of drug-likeness (QED) is 0.559. The zero-order valence-corrected chi connectivity index (χ0v) is 14.9. The summed E-state index contributed by atoms with van der Waals surface area (Å²) in [5, 5.41) is 19.8. The zero-order valence-electron chi connectivity index (χ0n) is 14.9. The molecule has 0 aliphatic rings. The molecule has 28 heavy (non-hydrogen) atoms. The van der Waals surface area contributed by atoms with Crippen molar-refractivity contribution in [1.29, 1.82) is 5.26 Å². The second kappa shape index (κ2) is 7.21. The van der Waals surface area contributed by atoms with Gasteiger partial charge in [0.1, 0.15) is 0 Å². The van der Waals surface area contributed by atoms with Crippen LogP contribution in [0.1, 0.15) is 5.56 Å². The maximum absolute atomic E-state index is 11.4. The highest BCUT2D eigenvalue weighted by Crippen LogP contribution is 2.28. The van der Waals surface area contributed by atoms with Crippen molar-refractivity contribution in [3.05, 3.63) is 66.2 Å². The number of nitrogens with zero attached hydrogens (tertiary/aromatic N) is 3. The maximum atomic E-state index is 11.4. The first kappa shape index (κ1) is 17.2. The highest BCUT2D eigenvalue weighted by molar-refractivity contribution is 5.92. The lowest BCUT2D eigenvalue weighted by molar-refractivity contribution is 0.187. The number of amides is 1. The summed E-state index contributed by atoms with van der Waals surface area (Å²) in [7, 11) is 1.32. The number of methoxy groups -OCH3 is 1. The monoisotopic (exact) mass is 369 g/mol. The first-order valence-corrected chi connectivity index (χ1v) is 8.49. The van der Waals surface area contributed by atoms with E-state index < -0.39 is 6.09 Å². The number of carbonyl (C=O) groups excluding carboxylic acids is 1. The number of carbonyl (C=O) groups is 1. The number of benzene rings is 2. The molecule has 0 bridgehead atoms. The lowest BCUT2D eigenvalue weighted by atomic mass is 10.1. The number of rotatable bonds is 3. The molecule has 0 fully saturated rings. The number of hydrogen-bond acceptors (Lipinski definition) is 5. The minimum atomic E-state index is -0.528. The van der Waals surface area contributed by atoms with Crippen molar-refractivity contribution in [3.8, 4) is 28.6 Å². The second-order valence-electron chi connectivity index (χ2n) is 6.05. The van der Waals surface area contributed by atoms with Gasteiger partial charge in [-0.05, 0) is 36.4 Å². The van der Waals surface area contributed by atoms with Crippen LogP contribution in [-0.4, -0.2) is 28.4 Å². The summed E-state index contributed by atoms with van der Waals surface area (Å²) in [4.78, 5) is 16.0. The Kier molecular flexibility index (Phi) is 4.44. The molecule has 7 nitrogen and oxygen atoms in total. The molecule has 0 atom stereocenters. The molecule has 0 saturated carbocycles. The highest BCUT2D eigenvalue weighted by atomic mass is 16.5. The first-order chi connectivity index (χ1) is 13.7. The summed E-state index contributed by atoms with van der Waals surface area (Å²) in [5.74, 6) is 0. The van der Waals surface area contributed by atoms with Crippen LogP contribution in [-0.2, 0) is 4.74 Å². The van der Waals surface area contributed by atoms with Gasteiger partial charge in [-0.1, -0.05) is 24.3 Å². The third-order valence-electron chi connectivity index (χ3n) is 4.31. The minimum Gasteiger partial charge on any atom is -0.453 e. The lowest BCUT2D eigenvalue weighted by Gasteiger charge is -2.06. The van der Waals surface area contributed by atoms with E-state index in [0.29, 0.717) is 16.9 Å². The maximum Gasteiger partial charge on any atom is 0.411 e. The molecular weight excluding hydrogens is 354 g/mol. The molecule has 4 aromatic rings. The molecule has 0 aliphatic carbocycles. The molecule has 2 aromatic heterocycles. The van der Waals surface area contributed by atoms with Crippen molar-refractivity contribution >= 4 is 22.8 Å². The van der Waals surface area contributed by atoms with Crippen LogP contribution in [0.5, 0.6) is 0 Å². The fourth-order valence-corrected chi connectivity index (χ4v) is 2.92. The number of fused-ring (bicyclic) bond motifs is 1. The van der Waals surface area contributed by atoms with Crippen LogP contribution in [0.3, 0.4) is 0 Å². The number of aromatic nitrogens is 3. The van der Waals surface area contributed by atoms with E-state index in [9.17, 15) is 4.79 Å². The molecule has 136 valence electrons. The average Bonchev–Trinajstić information content (AvgIpc) is 3.17. The van der Waals surface area contributed by atoms with Gasteiger partial charge in [0.15, 0.2) is 5.65 Å². The van der Waals surface area contributed by atoms with Gasteiger partial charge >= 0.3 is 6.09 Å². The molecule has 0 saturated heterocycles. The number of nitriles is 1. The van der Waals surface area contributed by atoms with Crippen LogP contribution in [0, 0.1) is 11.3 Å². The Bertz CT molecular complexity index is 1210. The topological polar surface area (TPSA) is 104 Å². The highest BCUT2D eigenvalue weighted by Gasteiger charge is 2.11. The van der Waals surface area contributed by atoms with Crippen molar-refractivity contribution in [1.82, 2.24) is 15.2 Å². The molecule has 0 spiro atoms. The Hall–Kier alpha value is -4.18. The number of aromatic amines is 1. The van der Waals surface area contributed by atoms with Crippen LogP contribution >= 0.6 is 0 Å². The van der Waals surface area contributed by atoms with Gasteiger partial charge in [-0.25, -0.2) is 9.78 Å². The zero-order chi connectivity index (χ0) is 19.5. The van der Waals surface area contributed by atoms with Crippen molar-refractivity contribution in [3.63, 3.8) is 0 Å². The van der Waals surface area contributed by atoms with Crippen LogP contribution in [0.4, 0.5) is 10.5 Å². The second-order valence-corrected chi connectivity index (χ2v) is 6.05. The molecular formula is C21H15N5O2. The van der Waals surface area contributed by atoms with E-state index in [1.807, 2.05) is 42.5 Å². The van der Waals surface area contributed by atoms with E-state index in [2.05, 4.69) is 31.3 Å². The van der Waals surface area contributed by atoms with Gasteiger partial charge in [0.25, 0.3) is 0 Å². The van der Waals surface area contributed by atoms with Crippen LogP contribution < -0.4 is 5.32 Å². The Balaban J connectivity index is 1.69. The van der Waals surface area contributed by atoms with Gasteiger partial charge in [-0.3, -0.25) is 10.4 Å². The van der Waals surface area contributed by atoms with Gasteiger partial charge in [0, 0.05) is 22.2 Å². The van der Waals surface area contributed by atoms with Crippen molar-refractivity contribution in [2.75, 3.05) is 12.4 Å². The molecule has 1 amide bonds. The Morgan fingerprint density at radius 2 is 1.93 bits per heavy atom. The Labute approximate surface area is 160 Å². The van der Waals surface area contributed by atoms with E-state index in [-0.39, 0.29) is 0 Å². The number of pyridine rings is 1. The molecule has 7 heteroatoms. The minimum absolute atomic E-state index is 0.528. The SMILES string of the molecule is COC(=O)Nc1cccc(-c2ccc3c(-c4ccc(C#N)cc4)[nH]nc3n2)c1. The summed E-state index contributed by atoms with van der Waals surface area (Å²) in [6, 6.07) is 20.6. The summed E-state index contributed by atoms with van der Waals surface area (Å²) < 4.78 is 4.62. The van der Waals surface area contributed by atoms with Crippen LogP contribution in [0.25, 0.3) is 33.5 Å². The molecule has 0 radical (unpaired) electrons. The van der Waals surface area contributed by atoms with Gasteiger partial charge in [-0.15, -0.1) is 0 Å². The Morgan fingerprint density at radius 1 is 1.11 bits per heavy atom. The molecule has 0 aliphatic heterocycles. The van der Waals surface area contributed by atoms with E-state index in [1.165, 1.54) is 7.11 Å². The lowest BCUT2D eigenvalue weighted by Crippen LogP contribution is -2.10. The first-order valence-electron chi connectivity index (χ1n) is 8.49. The largest absolute Gasteiger partial charge is 0.453 e. The summed E-state index contributed by atoms with van der Waals surface area (Å²) in [5.41, 5.74) is 5.17. The fraction of sp³-hybridized carbons (Fsp3) is 0.0476. The van der Waals surface area contributed by atoms with Gasteiger partial charge in [-0.2, -0.15) is 10.4 Å². The average molecular weight is 369 g/mol. The molecule has 2 heterocycles. The Morgan fingerprint density at radius 3 is 2.68 bits per heavy atom. The molecule has 2 N–H and O–H groups in total. The number of nitrogens with one attached hydrogen (secondary N) is 2. The third kappa shape index (κ3) is 3.27. The van der Waals surface area contributed by atoms with Crippen molar-refractivity contribution in [2.24, 2.45) is 0 Å². The molecule has 2 aromatic carbocycles. The molecule has 0 unspecified atom stereocenters. The molecule has 4 rings (SSSR count). The smallest absolute Gasteiger partial charge is 0.411 e. The van der Waals surface area contributed by atoms with E-state index >= 15 is 0 Å². The predicted molar refractivity (Wildman–Crippen MR) is 106 cm³/mol. The standard InChI is InChI=1S/C21H15N5O2/c1-28-21(27)23-16-4-2-3-15(11-16)18-10-9-17-19(25-26-20(17)24-18)14-7-5-13(12-22)6-8-14/h2-11H,1H3,(H,23,27)(H,24,25,26). The normalized spacial score (nSPS) is 10.4. The van der Waals surface area contributed by atoms with Crippen molar-refractivity contribution < 1.29 is 9.53 Å². The van der Waals surface area contributed by atoms with Crippen LogP contribution in [0.15, 0.2) is 60.7 Å². The third-order valence-corrected chi connectivity index (χ3v) is 4.31. The van der Waals surface area contributed by atoms with E-state index in [4.69, 9.17) is 5.26 Å². The summed E-state index contributed by atoms with van der Waals surface area (Å²) in [6.07, 6.45) is -0.528. The van der Waals surface area contributed by atoms with E-state index in [0.717, 1.165) is 27.9 Å². The van der Waals surface area contributed by atoms with Crippen molar-refractivity contribution in [2.45, 2.75) is 0 Å². The number of hydrogen-bond donors (Lipinski definition) is 2. The van der Waals surface area contributed by atoms with Gasteiger partial charge in [0.05, 0.1) is 30.1 Å². The van der Waals surface area contributed by atoms with E-state index in [1.54, 1.807) is 18.2 Å². The predicted octanol–water partition coefficient (Wildman–Crippen LogP) is 4.34. The fourth-order valence-electron chi connectivity index (χ4n) is 2.92. The summed E-state index contributed by atoms with van der Waals surface area (Å²) >= 11 is 0. The number of H-pyrrole nitrogens is 1. The summed E-state index contributed by atoms with van der Waals surface area (Å²) in [6.45, 7) is 0. The number of anilines is 1. The van der Waals surface area contributed by atoms with Gasteiger partial charge < -0.3 is 4.74 Å². The van der Waals surface area contributed by atoms with Gasteiger partial charge in [0.2, 0.25) is 0 Å². The van der Waals surface area contributed by atoms with Crippen LogP contribution in [0.2, 0.25) is 0 Å².